The molecular formula is C16H20ClFN4OS. The van der Waals surface area contributed by atoms with Gasteiger partial charge < -0.3 is 15.4 Å². The highest BCUT2D eigenvalue weighted by atomic mass is 35.5. The Kier molecular flexibility index (Phi) is 7.42. The van der Waals surface area contributed by atoms with E-state index >= 15 is 0 Å². The van der Waals surface area contributed by atoms with Gasteiger partial charge in [0.2, 0.25) is 0 Å². The van der Waals surface area contributed by atoms with Crippen LogP contribution in [0.25, 0.3) is 0 Å². The zero-order valence-electron chi connectivity index (χ0n) is 13.4. The molecule has 0 aliphatic carbocycles. The van der Waals surface area contributed by atoms with E-state index in [1.165, 1.54) is 6.07 Å². The number of halogens is 2. The molecule has 0 unspecified atom stereocenters. The van der Waals surface area contributed by atoms with Gasteiger partial charge in [-0.15, -0.1) is 0 Å². The molecule has 0 aliphatic rings. The molecule has 1 heterocycles. The second-order valence-corrected chi connectivity index (χ2v) is 5.87. The smallest absolute Gasteiger partial charge is 0.170 e. The average molecular weight is 371 g/mol. The summed E-state index contributed by atoms with van der Waals surface area (Å²) >= 11 is 11.2. The molecule has 2 rings (SSSR count). The molecule has 1 aromatic heterocycles. The van der Waals surface area contributed by atoms with Crippen molar-refractivity contribution < 1.29 is 9.13 Å². The maximum Gasteiger partial charge on any atom is 0.170 e. The van der Waals surface area contributed by atoms with Crippen LogP contribution in [0.2, 0.25) is 5.02 Å². The molecular weight excluding hydrogens is 351 g/mol. The summed E-state index contributed by atoms with van der Waals surface area (Å²) in [7, 11) is 0. The third kappa shape index (κ3) is 5.74. The lowest BCUT2D eigenvalue weighted by Crippen LogP contribution is -2.29. The normalized spacial score (nSPS) is 10.6. The van der Waals surface area contributed by atoms with E-state index in [-0.39, 0.29) is 12.4 Å². The largest absolute Gasteiger partial charge is 0.382 e. The molecule has 24 heavy (non-hydrogen) atoms. The third-order valence-electron chi connectivity index (χ3n) is 3.23. The van der Waals surface area contributed by atoms with E-state index in [2.05, 4.69) is 15.7 Å². The van der Waals surface area contributed by atoms with Gasteiger partial charge in [0.05, 0.1) is 18.4 Å². The standard InChI is InChI=1S/C16H20ClFN4OS/c1-2-23-8-4-7-19-16(24)21-12-9-20-22(10-12)11-13-14(17)5-3-6-15(13)18/h3,5-6,9-10H,2,4,7-8,11H2,1H3,(H2,19,21,24). The molecule has 0 aliphatic heterocycles. The average Bonchev–Trinajstić information content (AvgIpc) is 2.98. The summed E-state index contributed by atoms with van der Waals surface area (Å²) < 4.78 is 20.7. The molecule has 5 nitrogen and oxygen atoms in total. The van der Waals surface area contributed by atoms with Crippen molar-refractivity contribution >= 4 is 34.6 Å². The topological polar surface area (TPSA) is 51.1 Å². The van der Waals surface area contributed by atoms with Crippen molar-refractivity contribution in [3.05, 3.63) is 47.0 Å². The number of hydrogen-bond acceptors (Lipinski definition) is 3. The summed E-state index contributed by atoms with van der Waals surface area (Å²) in [5.74, 6) is -0.348. The maximum absolute atomic E-state index is 13.8. The van der Waals surface area contributed by atoms with Crippen LogP contribution in [0, 0.1) is 5.82 Å². The van der Waals surface area contributed by atoms with E-state index in [4.69, 9.17) is 28.6 Å². The number of nitrogens with one attached hydrogen (secondary N) is 2. The van der Waals surface area contributed by atoms with Crippen LogP contribution in [-0.4, -0.2) is 34.7 Å². The highest BCUT2D eigenvalue weighted by molar-refractivity contribution is 7.80. The lowest BCUT2D eigenvalue weighted by molar-refractivity contribution is 0.146. The van der Waals surface area contributed by atoms with Crippen molar-refractivity contribution in [1.82, 2.24) is 15.1 Å². The lowest BCUT2D eigenvalue weighted by Gasteiger charge is -2.09. The summed E-state index contributed by atoms with van der Waals surface area (Å²) in [4.78, 5) is 0. The summed E-state index contributed by atoms with van der Waals surface area (Å²) in [6, 6.07) is 4.61. The molecule has 0 atom stereocenters. The van der Waals surface area contributed by atoms with Crippen molar-refractivity contribution in [3.63, 3.8) is 0 Å². The SMILES string of the molecule is CCOCCCNC(=S)Nc1cnn(Cc2c(F)cccc2Cl)c1. The van der Waals surface area contributed by atoms with E-state index in [1.54, 1.807) is 29.2 Å². The zero-order valence-corrected chi connectivity index (χ0v) is 15.0. The van der Waals surface area contributed by atoms with Gasteiger partial charge in [-0.2, -0.15) is 5.10 Å². The minimum atomic E-state index is -0.348. The van der Waals surface area contributed by atoms with Crippen LogP contribution in [0.1, 0.15) is 18.9 Å². The number of hydrogen-bond donors (Lipinski definition) is 2. The Morgan fingerprint density at radius 3 is 3.04 bits per heavy atom. The first kappa shape index (κ1) is 18.6. The van der Waals surface area contributed by atoms with Crippen molar-refractivity contribution in [2.24, 2.45) is 0 Å². The van der Waals surface area contributed by atoms with Gasteiger partial charge in [-0.25, -0.2) is 4.39 Å². The first-order chi connectivity index (χ1) is 11.6. The van der Waals surface area contributed by atoms with E-state index in [1.807, 2.05) is 6.92 Å². The quantitative estimate of drug-likeness (QED) is 0.550. The van der Waals surface area contributed by atoms with Gasteiger partial charge in [-0.1, -0.05) is 17.7 Å². The maximum atomic E-state index is 13.8. The predicted octanol–water partition coefficient (Wildman–Crippen LogP) is 3.44. The Hall–Kier alpha value is -1.70. The van der Waals surface area contributed by atoms with E-state index < -0.39 is 0 Å². The van der Waals surface area contributed by atoms with Crippen molar-refractivity contribution in [3.8, 4) is 0 Å². The van der Waals surface area contributed by atoms with Gasteiger partial charge in [0.25, 0.3) is 0 Å². The summed E-state index contributed by atoms with van der Waals surface area (Å²) in [6.07, 6.45) is 4.25. The second-order valence-electron chi connectivity index (χ2n) is 5.06. The second kappa shape index (κ2) is 9.56. The number of ether oxygens (including phenoxy) is 1. The number of anilines is 1. The molecule has 0 amide bonds. The van der Waals surface area contributed by atoms with Gasteiger partial charge in [0.1, 0.15) is 5.82 Å². The molecule has 2 N–H and O–H groups in total. The third-order valence-corrected chi connectivity index (χ3v) is 3.83. The summed E-state index contributed by atoms with van der Waals surface area (Å²) in [5.41, 5.74) is 1.13. The van der Waals surface area contributed by atoms with E-state index in [9.17, 15) is 4.39 Å². The van der Waals surface area contributed by atoms with Gasteiger partial charge in [-0.3, -0.25) is 4.68 Å². The molecule has 8 heteroatoms. The predicted molar refractivity (Wildman–Crippen MR) is 98.1 cm³/mol. The lowest BCUT2D eigenvalue weighted by atomic mass is 10.2. The minimum absolute atomic E-state index is 0.252. The number of benzene rings is 1. The molecule has 1 aromatic carbocycles. The van der Waals surface area contributed by atoms with Crippen LogP contribution in [0.4, 0.5) is 10.1 Å². The van der Waals surface area contributed by atoms with Crippen LogP contribution < -0.4 is 10.6 Å². The van der Waals surface area contributed by atoms with Gasteiger partial charge in [0, 0.05) is 36.5 Å². The van der Waals surface area contributed by atoms with Gasteiger partial charge in [-0.05, 0) is 37.7 Å². The van der Waals surface area contributed by atoms with Crippen LogP contribution in [0.3, 0.4) is 0 Å². The fourth-order valence-corrected chi connectivity index (χ4v) is 2.50. The zero-order chi connectivity index (χ0) is 17.4. The van der Waals surface area contributed by atoms with Crippen LogP contribution in [0.5, 0.6) is 0 Å². The number of nitrogens with zero attached hydrogens (tertiary/aromatic N) is 2. The molecule has 0 bridgehead atoms. The van der Waals surface area contributed by atoms with Crippen LogP contribution in [-0.2, 0) is 11.3 Å². The van der Waals surface area contributed by atoms with Crippen molar-refractivity contribution in [2.45, 2.75) is 19.9 Å². The molecule has 0 spiro atoms. The Labute approximate surface area is 151 Å². The molecule has 0 saturated carbocycles. The number of aromatic nitrogens is 2. The molecule has 0 saturated heterocycles. The molecule has 0 radical (unpaired) electrons. The first-order valence-corrected chi connectivity index (χ1v) is 8.46. The number of thiocarbonyl (C=S) groups is 1. The summed E-state index contributed by atoms with van der Waals surface area (Å²) in [6.45, 7) is 4.36. The molecule has 0 fully saturated rings. The Morgan fingerprint density at radius 1 is 1.46 bits per heavy atom. The Morgan fingerprint density at radius 2 is 2.29 bits per heavy atom. The molecule has 130 valence electrons. The van der Waals surface area contributed by atoms with Gasteiger partial charge in [0.15, 0.2) is 5.11 Å². The summed E-state index contributed by atoms with van der Waals surface area (Å²) in [5, 5.41) is 11.2. The van der Waals surface area contributed by atoms with Crippen molar-refractivity contribution in [1.29, 1.82) is 0 Å². The first-order valence-electron chi connectivity index (χ1n) is 7.68. The van der Waals surface area contributed by atoms with E-state index in [0.29, 0.717) is 28.9 Å². The van der Waals surface area contributed by atoms with Gasteiger partial charge >= 0.3 is 0 Å². The van der Waals surface area contributed by atoms with Crippen molar-refractivity contribution in [2.75, 3.05) is 25.1 Å². The van der Waals surface area contributed by atoms with Crippen LogP contribution in [0.15, 0.2) is 30.6 Å². The highest BCUT2D eigenvalue weighted by Gasteiger charge is 2.09. The monoisotopic (exact) mass is 370 g/mol. The fraction of sp³-hybridized carbons (Fsp3) is 0.375. The Balaban J connectivity index is 1.83. The van der Waals surface area contributed by atoms with E-state index in [0.717, 1.165) is 18.7 Å². The highest BCUT2D eigenvalue weighted by Crippen LogP contribution is 2.20. The Bertz CT molecular complexity index is 660. The fourth-order valence-electron chi connectivity index (χ4n) is 2.06. The molecule has 2 aromatic rings. The minimum Gasteiger partial charge on any atom is -0.382 e. The number of rotatable bonds is 8. The van der Waals surface area contributed by atoms with Crippen LogP contribution >= 0.6 is 23.8 Å².